The zero-order chi connectivity index (χ0) is 35.0. The summed E-state index contributed by atoms with van der Waals surface area (Å²) in [5, 5.41) is 0. The quantitative estimate of drug-likeness (QED) is 0.0259. The molecule has 0 aromatic carbocycles. The van der Waals surface area contributed by atoms with Gasteiger partial charge in [0.15, 0.2) is 0 Å². The molecule has 0 aromatic heterocycles. The van der Waals surface area contributed by atoms with Gasteiger partial charge in [-0.15, -0.1) is 0 Å². The van der Waals surface area contributed by atoms with Gasteiger partial charge in [-0.2, -0.15) is 0 Å². The van der Waals surface area contributed by atoms with E-state index < -0.39 is 46.6 Å². The molecule has 0 bridgehead atoms. The van der Waals surface area contributed by atoms with Crippen molar-refractivity contribution in [2.45, 2.75) is 138 Å². The molecule has 0 amide bonds. The van der Waals surface area contributed by atoms with Crippen molar-refractivity contribution < 1.29 is 41.8 Å². The highest BCUT2D eigenvalue weighted by Crippen LogP contribution is 2.48. The standard InChI is InChI=1S/C32H61N2O9PSi/c1-15-38-29(36)32(30(37)39-16-2,22-41-44(40-21-20-33-14)34(24(3)4)25(5)6)23-42-45(26(7)8,27(9)10)43-31(12,13)19-17-18-28(11)35/h24-27H,15-23H2,1-13H3. The van der Waals surface area contributed by atoms with Crippen LogP contribution in [0.3, 0.4) is 0 Å². The second-order valence-corrected chi connectivity index (χ2v) is 18.8. The molecule has 13 heteroatoms. The number of carbonyl (C=O) groups is 3. The Bertz CT molecular complexity index is 919. The fourth-order valence-electron chi connectivity index (χ4n) is 5.12. The van der Waals surface area contributed by atoms with Crippen LogP contribution >= 0.6 is 8.53 Å². The van der Waals surface area contributed by atoms with Crippen molar-refractivity contribution in [3.63, 3.8) is 0 Å². The smallest absolute Gasteiger partial charge is 0.343 e. The number of ketones is 1. The van der Waals surface area contributed by atoms with Gasteiger partial charge in [0, 0.05) is 18.5 Å². The van der Waals surface area contributed by atoms with E-state index in [-0.39, 0.29) is 61.9 Å². The normalized spacial score (nSPS) is 13.5. The second-order valence-electron chi connectivity index (χ2n) is 13.1. The van der Waals surface area contributed by atoms with Crippen LogP contribution in [0.25, 0.3) is 4.85 Å². The summed E-state index contributed by atoms with van der Waals surface area (Å²) in [7, 11) is -4.95. The van der Waals surface area contributed by atoms with E-state index in [4.69, 9.17) is 33.9 Å². The van der Waals surface area contributed by atoms with Gasteiger partial charge in [0.2, 0.25) is 12.0 Å². The lowest BCUT2D eigenvalue weighted by atomic mass is 9.90. The van der Waals surface area contributed by atoms with E-state index in [1.54, 1.807) is 20.8 Å². The van der Waals surface area contributed by atoms with Crippen molar-refractivity contribution >= 4 is 34.8 Å². The molecule has 11 nitrogen and oxygen atoms in total. The zero-order valence-corrected chi connectivity index (χ0v) is 32.1. The van der Waals surface area contributed by atoms with Crippen molar-refractivity contribution in [1.82, 2.24) is 4.67 Å². The maximum absolute atomic E-state index is 13.8. The van der Waals surface area contributed by atoms with Crippen molar-refractivity contribution in [3.8, 4) is 0 Å². The summed E-state index contributed by atoms with van der Waals surface area (Å²) < 4.78 is 39.1. The first-order chi connectivity index (χ1) is 20.9. The fraction of sp³-hybridized carbons (Fsp3) is 0.875. The highest BCUT2D eigenvalue weighted by Gasteiger charge is 2.56. The molecule has 45 heavy (non-hydrogen) atoms. The van der Waals surface area contributed by atoms with Gasteiger partial charge < -0.3 is 37.0 Å². The van der Waals surface area contributed by atoms with Gasteiger partial charge in [0.05, 0.1) is 32.0 Å². The first-order valence-corrected chi connectivity index (χ1v) is 19.3. The Morgan fingerprint density at radius 3 is 1.78 bits per heavy atom. The van der Waals surface area contributed by atoms with Crippen LogP contribution in [0.1, 0.15) is 109 Å². The van der Waals surface area contributed by atoms with Crippen LogP contribution in [0, 0.1) is 12.0 Å². The molecule has 0 fully saturated rings. The van der Waals surface area contributed by atoms with Gasteiger partial charge in [0.1, 0.15) is 12.4 Å². The highest BCUT2D eigenvalue weighted by atomic mass is 31.2. The maximum atomic E-state index is 13.8. The molecule has 0 saturated heterocycles. The van der Waals surface area contributed by atoms with E-state index >= 15 is 0 Å². The first-order valence-electron chi connectivity index (χ1n) is 16.2. The van der Waals surface area contributed by atoms with E-state index in [9.17, 15) is 14.4 Å². The molecule has 0 aliphatic heterocycles. The Hall–Kier alpha value is -1.45. The molecule has 0 aromatic rings. The minimum absolute atomic E-state index is 0.0143. The molecule has 0 saturated carbocycles. The van der Waals surface area contributed by atoms with Gasteiger partial charge in [-0.05, 0) is 86.2 Å². The third-order valence-electron chi connectivity index (χ3n) is 7.30. The largest absolute Gasteiger partial charge is 0.465 e. The van der Waals surface area contributed by atoms with Crippen LogP contribution in [-0.4, -0.2) is 88.2 Å². The number of nitrogens with zero attached hydrogens (tertiary/aromatic N) is 2. The van der Waals surface area contributed by atoms with E-state index in [1.807, 2.05) is 73.9 Å². The Labute approximate surface area is 275 Å². The van der Waals surface area contributed by atoms with Gasteiger partial charge in [0.25, 0.3) is 8.53 Å². The predicted octanol–water partition coefficient (Wildman–Crippen LogP) is 7.23. The van der Waals surface area contributed by atoms with Crippen molar-refractivity contribution in [2.75, 3.05) is 39.6 Å². The lowest BCUT2D eigenvalue weighted by Gasteiger charge is -2.45. The lowest BCUT2D eigenvalue weighted by molar-refractivity contribution is -0.178. The van der Waals surface area contributed by atoms with E-state index in [0.717, 1.165) is 0 Å². The number of carbonyl (C=O) groups excluding carboxylic acids is 3. The van der Waals surface area contributed by atoms with Crippen LogP contribution in [0.5, 0.6) is 0 Å². The molecule has 0 rings (SSSR count). The van der Waals surface area contributed by atoms with Crippen LogP contribution in [-0.2, 0) is 41.8 Å². The molecule has 0 heterocycles. The summed E-state index contributed by atoms with van der Waals surface area (Å²) in [6.07, 6.45) is 1.77. The maximum Gasteiger partial charge on any atom is 0.343 e. The van der Waals surface area contributed by atoms with Gasteiger partial charge in [-0.3, -0.25) is 9.59 Å². The summed E-state index contributed by atoms with van der Waals surface area (Å²) in [4.78, 5) is 42.6. The van der Waals surface area contributed by atoms with Crippen molar-refractivity contribution in [1.29, 1.82) is 0 Å². The molecule has 1 atom stereocenters. The highest BCUT2D eigenvalue weighted by molar-refractivity contribution is 7.44. The molecule has 0 aliphatic rings. The van der Waals surface area contributed by atoms with Gasteiger partial charge >= 0.3 is 20.5 Å². The SMILES string of the molecule is [C-]#[N+]CCOP(OCC(CO[Si](OC(C)(C)CCCC(C)=O)(C(C)C)C(C)C)(C(=O)OCC)C(=O)OCC)N(C(C)C)C(C)C. The molecule has 0 N–H and O–H groups in total. The number of Topliss-reactive ketones (excluding diaryl/α,β-unsaturated/α-hetero) is 1. The van der Waals surface area contributed by atoms with E-state index in [0.29, 0.717) is 19.3 Å². The molecule has 262 valence electrons. The molecule has 0 spiro atoms. The predicted molar refractivity (Wildman–Crippen MR) is 180 cm³/mol. The average Bonchev–Trinajstić information content (AvgIpc) is 2.91. The Balaban J connectivity index is 6.83. The molecule has 0 aliphatic carbocycles. The van der Waals surface area contributed by atoms with Gasteiger partial charge in [-0.25, -0.2) is 11.2 Å². The van der Waals surface area contributed by atoms with Crippen LogP contribution in [0.4, 0.5) is 0 Å². The Morgan fingerprint density at radius 2 is 1.38 bits per heavy atom. The monoisotopic (exact) mass is 676 g/mol. The summed E-state index contributed by atoms with van der Waals surface area (Å²) in [6, 6.07) is 0.0286. The Kier molecular flexibility index (Phi) is 20.0. The number of rotatable bonds is 24. The zero-order valence-electron chi connectivity index (χ0n) is 30.2. The topological polar surface area (TPSA) is 114 Å². The molecular weight excluding hydrogens is 615 g/mol. The summed E-state index contributed by atoms with van der Waals surface area (Å²) in [5.74, 6) is -1.49. The average molecular weight is 677 g/mol. The van der Waals surface area contributed by atoms with Crippen LogP contribution in [0.15, 0.2) is 0 Å². The van der Waals surface area contributed by atoms with Crippen molar-refractivity contribution in [3.05, 3.63) is 11.4 Å². The fourth-order valence-corrected chi connectivity index (χ4v) is 10.8. The number of ether oxygens (including phenoxy) is 2. The summed E-state index contributed by atoms with van der Waals surface area (Å²) >= 11 is 0. The lowest BCUT2D eigenvalue weighted by Crippen LogP contribution is -2.57. The van der Waals surface area contributed by atoms with Crippen LogP contribution in [0.2, 0.25) is 11.1 Å². The summed E-state index contributed by atoms with van der Waals surface area (Å²) in [5.41, 5.74) is -2.69. The third-order valence-corrected chi connectivity index (χ3v) is 14.0. The second kappa shape index (κ2) is 20.7. The Morgan fingerprint density at radius 1 is 0.867 bits per heavy atom. The minimum Gasteiger partial charge on any atom is -0.465 e. The molecular formula is C32H61N2O9PSi. The molecule has 0 radical (unpaired) electrons. The molecule has 1 unspecified atom stereocenters. The van der Waals surface area contributed by atoms with Gasteiger partial charge in [-0.1, -0.05) is 27.7 Å². The number of hydrogen-bond donors (Lipinski definition) is 0. The van der Waals surface area contributed by atoms with E-state index in [1.165, 1.54) is 0 Å². The third kappa shape index (κ3) is 13.7. The first kappa shape index (κ1) is 43.5. The number of esters is 2. The van der Waals surface area contributed by atoms with E-state index in [2.05, 4.69) is 4.85 Å². The summed E-state index contributed by atoms with van der Waals surface area (Å²) in [6.45, 7) is 31.7. The van der Waals surface area contributed by atoms with Crippen molar-refractivity contribution in [2.24, 2.45) is 5.41 Å². The minimum atomic E-state index is -3.18. The van der Waals surface area contributed by atoms with Crippen LogP contribution < -0.4 is 0 Å². The number of hydrogen-bond acceptors (Lipinski definition) is 10.